The number of hydrogen-bond acceptors (Lipinski definition) is 4. The van der Waals surface area contributed by atoms with Crippen molar-refractivity contribution >= 4 is 9.84 Å². The van der Waals surface area contributed by atoms with Crippen molar-refractivity contribution < 1.29 is 13.2 Å². The molecule has 0 amide bonds. The molecule has 0 aromatic heterocycles. The summed E-state index contributed by atoms with van der Waals surface area (Å²) in [7, 11) is -2.92. The molecule has 1 fully saturated rings. The lowest BCUT2D eigenvalue weighted by molar-refractivity contribution is 0.0408. The second kappa shape index (κ2) is 5.47. The van der Waals surface area contributed by atoms with Crippen molar-refractivity contribution in [3.8, 4) is 0 Å². The zero-order valence-corrected chi connectivity index (χ0v) is 11.3. The Morgan fingerprint density at radius 1 is 1.19 bits per heavy atom. The average molecular weight is 249 g/mol. The highest BCUT2D eigenvalue weighted by Gasteiger charge is 2.22. The first-order chi connectivity index (χ1) is 7.29. The summed E-state index contributed by atoms with van der Waals surface area (Å²) in [5.41, 5.74) is -0.149. The maximum Gasteiger partial charge on any atom is 0.152 e. The van der Waals surface area contributed by atoms with Crippen molar-refractivity contribution in [2.75, 3.05) is 44.4 Å². The Morgan fingerprint density at radius 2 is 1.75 bits per heavy atom. The highest BCUT2D eigenvalue weighted by atomic mass is 32.2. The van der Waals surface area contributed by atoms with Gasteiger partial charge in [-0.25, -0.2) is 8.42 Å². The summed E-state index contributed by atoms with van der Waals surface area (Å²) < 4.78 is 28.9. The lowest BCUT2D eigenvalue weighted by atomic mass is 10.0. The Balaban J connectivity index is 2.35. The van der Waals surface area contributed by atoms with Crippen molar-refractivity contribution in [2.24, 2.45) is 5.41 Å². The van der Waals surface area contributed by atoms with E-state index in [2.05, 4.69) is 4.90 Å². The first-order valence-electron chi connectivity index (χ1n) is 5.79. The van der Waals surface area contributed by atoms with Gasteiger partial charge < -0.3 is 4.74 Å². The molecule has 4 nitrogen and oxygen atoms in total. The van der Waals surface area contributed by atoms with Gasteiger partial charge in [-0.05, 0) is 5.41 Å². The van der Waals surface area contributed by atoms with Crippen LogP contribution in [0.4, 0.5) is 0 Å². The van der Waals surface area contributed by atoms with Gasteiger partial charge in [0.1, 0.15) is 0 Å². The maximum atomic E-state index is 11.8. The number of ether oxygens (including phenoxy) is 1. The average Bonchev–Trinajstić information content (AvgIpc) is 2.13. The Bertz CT molecular complexity index is 300. The molecule has 0 aliphatic carbocycles. The number of nitrogens with zero attached hydrogens (tertiary/aromatic N) is 1. The van der Waals surface area contributed by atoms with Crippen molar-refractivity contribution in [2.45, 2.75) is 20.8 Å². The summed E-state index contributed by atoms with van der Waals surface area (Å²) in [6, 6.07) is 0. The summed E-state index contributed by atoms with van der Waals surface area (Å²) in [6.45, 7) is 9.66. The summed E-state index contributed by atoms with van der Waals surface area (Å²) in [5.74, 6) is 0.536. The SMILES string of the molecule is CC(C)(C)CS(=O)(=O)CCN1CCOCC1. The first kappa shape index (κ1) is 13.9. The fraction of sp³-hybridized carbons (Fsp3) is 1.00. The lowest BCUT2D eigenvalue weighted by Gasteiger charge is -2.27. The van der Waals surface area contributed by atoms with E-state index in [-0.39, 0.29) is 16.9 Å². The first-order valence-corrected chi connectivity index (χ1v) is 7.61. The molecule has 0 spiro atoms. The molecule has 1 heterocycles. The minimum Gasteiger partial charge on any atom is -0.379 e. The highest BCUT2D eigenvalue weighted by Crippen LogP contribution is 2.16. The predicted octanol–water partition coefficient (Wildman–Crippen LogP) is 0.779. The van der Waals surface area contributed by atoms with Crippen LogP contribution in [0.25, 0.3) is 0 Å². The van der Waals surface area contributed by atoms with E-state index in [0.717, 1.165) is 26.3 Å². The lowest BCUT2D eigenvalue weighted by Crippen LogP contribution is -2.39. The van der Waals surface area contributed by atoms with Crippen LogP contribution in [0.5, 0.6) is 0 Å². The molecule has 0 radical (unpaired) electrons. The fourth-order valence-electron chi connectivity index (χ4n) is 1.82. The zero-order chi connectivity index (χ0) is 12.2. The van der Waals surface area contributed by atoms with Crippen LogP contribution < -0.4 is 0 Å². The third-order valence-electron chi connectivity index (χ3n) is 2.48. The minimum atomic E-state index is -2.92. The van der Waals surface area contributed by atoms with Gasteiger partial charge >= 0.3 is 0 Å². The number of sulfone groups is 1. The molecule has 1 saturated heterocycles. The van der Waals surface area contributed by atoms with Gasteiger partial charge in [0.15, 0.2) is 9.84 Å². The summed E-state index contributed by atoms with van der Waals surface area (Å²) >= 11 is 0. The van der Waals surface area contributed by atoms with Crippen LogP contribution in [0.2, 0.25) is 0 Å². The van der Waals surface area contributed by atoms with Crippen LogP contribution in [0, 0.1) is 5.41 Å². The normalized spacial score (nSPS) is 19.9. The third-order valence-corrected chi connectivity index (χ3v) is 4.59. The van der Waals surface area contributed by atoms with Gasteiger partial charge in [0, 0.05) is 19.6 Å². The molecule has 0 aromatic carbocycles. The monoisotopic (exact) mass is 249 g/mol. The van der Waals surface area contributed by atoms with Crippen molar-refractivity contribution in [3.05, 3.63) is 0 Å². The molecular weight excluding hydrogens is 226 g/mol. The molecule has 1 rings (SSSR count). The maximum absolute atomic E-state index is 11.8. The topological polar surface area (TPSA) is 46.6 Å². The number of hydrogen-bond donors (Lipinski definition) is 0. The molecule has 0 N–H and O–H groups in total. The van der Waals surface area contributed by atoms with Crippen LogP contribution in [0.1, 0.15) is 20.8 Å². The van der Waals surface area contributed by atoms with Crippen molar-refractivity contribution in [1.82, 2.24) is 4.90 Å². The van der Waals surface area contributed by atoms with Gasteiger partial charge in [-0.3, -0.25) is 4.90 Å². The smallest absolute Gasteiger partial charge is 0.152 e. The molecular formula is C11H23NO3S. The molecule has 0 unspecified atom stereocenters. The van der Waals surface area contributed by atoms with Crippen LogP contribution in [0.15, 0.2) is 0 Å². The van der Waals surface area contributed by atoms with Gasteiger partial charge in [0.05, 0.1) is 24.7 Å². The highest BCUT2D eigenvalue weighted by molar-refractivity contribution is 7.91. The van der Waals surface area contributed by atoms with E-state index in [1.54, 1.807) is 0 Å². The molecule has 5 heteroatoms. The Hall–Kier alpha value is -0.130. The molecule has 0 saturated carbocycles. The van der Waals surface area contributed by atoms with E-state index in [4.69, 9.17) is 4.74 Å². The minimum absolute atomic E-state index is 0.149. The van der Waals surface area contributed by atoms with Crippen LogP contribution in [0.3, 0.4) is 0 Å². The van der Waals surface area contributed by atoms with Gasteiger partial charge in [-0.1, -0.05) is 20.8 Å². The van der Waals surface area contributed by atoms with Gasteiger partial charge in [-0.2, -0.15) is 0 Å². The quantitative estimate of drug-likeness (QED) is 0.738. The van der Waals surface area contributed by atoms with E-state index in [0.29, 0.717) is 6.54 Å². The predicted molar refractivity (Wildman–Crippen MR) is 65.4 cm³/mol. The van der Waals surface area contributed by atoms with Crippen LogP contribution in [-0.2, 0) is 14.6 Å². The molecule has 16 heavy (non-hydrogen) atoms. The summed E-state index contributed by atoms with van der Waals surface area (Å²) in [5, 5.41) is 0. The molecule has 0 bridgehead atoms. The Morgan fingerprint density at radius 3 is 2.25 bits per heavy atom. The van der Waals surface area contributed by atoms with Crippen LogP contribution in [-0.4, -0.2) is 57.7 Å². The van der Waals surface area contributed by atoms with E-state index < -0.39 is 9.84 Å². The number of rotatable bonds is 4. The Labute approximate surface area is 98.9 Å². The molecule has 0 atom stereocenters. The summed E-state index contributed by atoms with van der Waals surface area (Å²) in [6.07, 6.45) is 0. The fourth-order valence-corrected chi connectivity index (χ4v) is 3.83. The largest absolute Gasteiger partial charge is 0.379 e. The number of morpholine rings is 1. The molecule has 0 aromatic rings. The van der Waals surface area contributed by atoms with E-state index in [9.17, 15) is 8.42 Å². The van der Waals surface area contributed by atoms with E-state index >= 15 is 0 Å². The summed E-state index contributed by atoms with van der Waals surface area (Å²) in [4.78, 5) is 2.16. The second-order valence-electron chi connectivity index (χ2n) is 5.61. The Kier molecular flexibility index (Phi) is 4.76. The third kappa shape index (κ3) is 5.82. The van der Waals surface area contributed by atoms with Gasteiger partial charge in [-0.15, -0.1) is 0 Å². The van der Waals surface area contributed by atoms with E-state index in [1.165, 1.54) is 0 Å². The van der Waals surface area contributed by atoms with Gasteiger partial charge in [0.25, 0.3) is 0 Å². The van der Waals surface area contributed by atoms with Crippen molar-refractivity contribution in [1.29, 1.82) is 0 Å². The van der Waals surface area contributed by atoms with Crippen LogP contribution >= 0.6 is 0 Å². The standard InChI is InChI=1S/C11H23NO3S/c1-11(2,3)10-16(13,14)9-6-12-4-7-15-8-5-12/h4-10H2,1-3H3. The second-order valence-corrected chi connectivity index (χ2v) is 7.79. The van der Waals surface area contributed by atoms with Gasteiger partial charge in [0.2, 0.25) is 0 Å². The zero-order valence-electron chi connectivity index (χ0n) is 10.5. The van der Waals surface area contributed by atoms with E-state index in [1.807, 2.05) is 20.8 Å². The molecule has 1 aliphatic rings. The molecule has 96 valence electrons. The van der Waals surface area contributed by atoms with Crippen molar-refractivity contribution in [3.63, 3.8) is 0 Å². The molecule has 1 aliphatic heterocycles.